The summed E-state index contributed by atoms with van der Waals surface area (Å²) in [6, 6.07) is 4.83. The molecule has 0 unspecified atom stereocenters. The monoisotopic (exact) mass is 253 g/mol. The molecule has 0 aliphatic rings. The molecule has 92 valence electrons. The van der Waals surface area contributed by atoms with E-state index in [1.807, 2.05) is 13.2 Å². The Labute approximate surface area is 105 Å². The maximum atomic E-state index is 10.7. The van der Waals surface area contributed by atoms with Crippen molar-refractivity contribution in [2.24, 2.45) is 0 Å². The highest BCUT2D eigenvalue weighted by molar-refractivity contribution is 7.97. The van der Waals surface area contributed by atoms with E-state index in [2.05, 4.69) is 0 Å². The van der Waals surface area contributed by atoms with Crippen LogP contribution in [0, 0.1) is 10.1 Å². The Kier molecular flexibility index (Phi) is 5.18. The first-order valence-electron chi connectivity index (χ1n) is 5.14. The molecule has 0 saturated heterocycles. The molecule has 17 heavy (non-hydrogen) atoms. The predicted molar refractivity (Wildman–Crippen MR) is 71.1 cm³/mol. The van der Waals surface area contributed by atoms with Crippen molar-refractivity contribution in [1.29, 1.82) is 0 Å². The second kappa shape index (κ2) is 6.42. The molecule has 0 heterocycles. The van der Waals surface area contributed by atoms with Gasteiger partial charge in [0.25, 0.3) is 5.69 Å². The summed E-state index contributed by atoms with van der Waals surface area (Å²) in [4.78, 5) is 10.3. The molecule has 0 amide bonds. The van der Waals surface area contributed by atoms with Gasteiger partial charge in [0.1, 0.15) is 0 Å². The lowest BCUT2D eigenvalue weighted by atomic mass is 10.0. The lowest BCUT2D eigenvalue weighted by Crippen LogP contribution is -1.95. The number of aliphatic hydroxyl groups is 1. The first-order chi connectivity index (χ1) is 8.10. The molecular weight excluding hydrogens is 238 g/mol. The molecular formula is C12H15NO3S. The third-order valence-corrected chi connectivity index (χ3v) is 3.02. The number of nitrogens with zero attached hydrogens (tertiary/aromatic N) is 1. The summed E-state index contributed by atoms with van der Waals surface area (Å²) >= 11 is 1.61. The fraction of sp³-hybridized carbons (Fsp3) is 0.333. The van der Waals surface area contributed by atoms with Crippen LogP contribution in [0.25, 0.3) is 5.57 Å². The van der Waals surface area contributed by atoms with Crippen LogP contribution in [0.1, 0.15) is 18.1 Å². The second-order valence-electron chi connectivity index (χ2n) is 3.60. The molecule has 0 aromatic heterocycles. The van der Waals surface area contributed by atoms with Gasteiger partial charge in [-0.3, -0.25) is 10.1 Å². The molecule has 5 heteroatoms. The highest BCUT2D eigenvalue weighted by Gasteiger charge is 2.11. The van der Waals surface area contributed by atoms with E-state index in [1.54, 1.807) is 30.0 Å². The molecule has 0 radical (unpaired) electrons. The van der Waals surface area contributed by atoms with Crippen molar-refractivity contribution < 1.29 is 10.0 Å². The van der Waals surface area contributed by atoms with Gasteiger partial charge in [-0.05, 0) is 35.9 Å². The number of non-ortho nitro benzene ring substituents is 1. The number of hydrogen-bond donors (Lipinski definition) is 1. The first-order valence-corrected chi connectivity index (χ1v) is 6.53. The highest BCUT2D eigenvalue weighted by atomic mass is 32.2. The maximum Gasteiger partial charge on any atom is 0.269 e. The quantitative estimate of drug-likeness (QED) is 0.647. The number of rotatable bonds is 5. The van der Waals surface area contributed by atoms with Gasteiger partial charge in [0.2, 0.25) is 0 Å². The summed E-state index contributed by atoms with van der Waals surface area (Å²) in [5, 5.41) is 19.6. The van der Waals surface area contributed by atoms with Crippen LogP contribution in [0.15, 0.2) is 24.3 Å². The third-order valence-electron chi connectivity index (χ3n) is 2.42. The van der Waals surface area contributed by atoms with Crippen molar-refractivity contribution >= 4 is 23.0 Å². The molecule has 1 aromatic rings. The molecule has 1 N–H and O–H groups in total. The standard InChI is InChI=1S/C12H15NO3S/c1-9(5-6-14)12-4-3-11(13(15)16)7-10(12)8-17-2/h3-5,7,14H,6,8H2,1-2H3/b9-5+. The van der Waals surface area contributed by atoms with Crippen molar-refractivity contribution in [2.75, 3.05) is 12.9 Å². The van der Waals surface area contributed by atoms with Crippen molar-refractivity contribution in [3.05, 3.63) is 45.5 Å². The van der Waals surface area contributed by atoms with Gasteiger partial charge in [-0.1, -0.05) is 6.08 Å². The van der Waals surface area contributed by atoms with E-state index in [4.69, 9.17) is 5.11 Å². The molecule has 0 bridgehead atoms. The normalized spacial score (nSPS) is 11.6. The van der Waals surface area contributed by atoms with E-state index in [0.717, 1.165) is 16.7 Å². The van der Waals surface area contributed by atoms with Crippen molar-refractivity contribution in [3.63, 3.8) is 0 Å². The summed E-state index contributed by atoms with van der Waals surface area (Å²) in [5.74, 6) is 0.716. The Balaban J connectivity index is 3.21. The molecule has 0 fully saturated rings. The van der Waals surface area contributed by atoms with Crippen LogP contribution in [0.4, 0.5) is 5.69 Å². The summed E-state index contributed by atoms with van der Waals surface area (Å²) in [6.45, 7) is 1.86. The molecule has 0 saturated carbocycles. The fourth-order valence-corrected chi connectivity index (χ4v) is 2.15. The molecule has 0 aliphatic heterocycles. The van der Waals surface area contributed by atoms with Gasteiger partial charge in [0, 0.05) is 17.9 Å². The summed E-state index contributed by atoms with van der Waals surface area (Å²) in [7, 11) is 0. The molecule has 0 spiro atoms. The van der Waals surface area contributed by atoms with Gasteiger partial charge in [0.05, 0.1) is 11.5 Å². The molecule has 1 rings (SSSR count). The van der Waals surface area contributed by atoms with E-state index in [-0.39, 0.29) is 12.3 Å². The van der Waals surface area contributed by atoms with Gasteiger partial charge < -0.3 is 5.11 Å². The number of allylic oxidation sites excluding steroid dienone is 1. The van der Waals surface area contributed by atoms with Crippen LogP contribution >= 0.6 is 11.8 Å². The van der Waals surface area contributed by atoms with Crippen LogP contribution in [-0.4, -0.2) is 22.9 Å². The van der Waals surface area contributed by atoms with E-state index in [9.17, 15) is 10.1 Å². The van der Waals surface area contributed by atoms with E-state index in [0.29, 0.717) is 5.75 Å². The van der Waals surface area contributed by atoms with Crippen molar-refractivity contribution in [1.82, 2.24) is 0 Å². The Hall–Kier alpha value is -1.33. The fourth-order valence-electron chi connectivity index (χ4n) is 1.60. The zero-order valence-corrected chi connectivity index (χ0v) is 10.7. The molecule has 4 nitrogen and oxygen atoms in total. The van der Waals surface area contributed by atoms with Gasteiger partial charge in [-0.25, -0.2) is 0 Å². The topological polar surface area (TPSA) is 63.4 Å². The zero-order chi connectivity index (χ0) is 12.8. The minimum atomic E-state index is -0.390. The van der Waals surface area contributed by atoms with E-state index < -0.39 is 4.92 Å². The number of nitro groups is 1. The number of aliphatic hydroxyl groups excluding tert-OH is 1. The number of benzene rings is 1. The van der Waals surface area contributed by atoms with Gasteiger partial charge >= 0.3 is 0 Å². The summed E-state index contributed by atoms with van der Waals surface area (Å²) in [6.07, 6.45) is 3.65. The van der Waals surface area contributed by atoms with Crippen molar-refractivity contribution in [3.8, 4) is 0 Å². The van der Waals surface area contributed by atoms with Crippen LogP contribution in [0.2, 0.25) is 0 Å². The Morgan fingerprint density at radius 3 is 2.82 bits per heavy atom. The zero-order valence-electron chi connectivity index (χ0n) is 9.84. The van der Waals surface area contributed by atoms with Crippen LogP contribution in [-0.2, 0) is 5.75 Å². The van der Waals surface area contributed by atoms with Crippen molar-refractivity contribution in [2.45, 2.75) is 12.7 Å². The van der Waals surface area contributed by atoms with Gasteiger partial charge in [0.15, 0.2) is 0 Å². The maximum absolute atomic E-state index is 10.7. The number of thioether (sulfide) groups is 1. The smallest absolute Gasteiger partial charge is 0.269 e. The number of nitro benzene ring substituents is 1. The average Bonchev–Trinajstić information content (AvgIpc) is 2.29. The van der Waals surface area contributed by atoms with Gasteiger partial charge in [-0.15, -0.1) is 0 Å². The van der Waals surface area contributed by atoms with Crippen LogP contribution in [0.3, 0.4) is 0 Å². The predicted octanol–water partition coefficient (Wildman–Crippen LogP) is 2.85. The first kappa shape index (κ1) is 13.7. The molecule has 1 aromatic carbocycles. The largest absolute Gasteiger partial charge is 0.392 e. The van der Waals surface area contributed by atoms with Gasteiger partial charge in [-0.2, -0.15) is 11.8 Å². The SMILES string of the molecule is CSCc1cc([N+](=O)[O-])ccc1/C(C)=C/CO. The Morgan fingerprint density at radius 2 is 2.29 bits per heavy atom. The summed E-state index contributed by atoms with van der Waals surface area (Å²) < 4.78 is 0. The Bertz CT molecular complexity index is 443. The minimum absolute atomic E-state index is 0.0263. The van der Waals surface area contributed by atoms with E-state index in [1.165, 1.54) is 6.07 Å². The lowest BCUT2D eigenvalue weighted by molar-refractivity contribution is -0.384. The second-order valence-corrected chi connectivity index (χ2v) is 4.47. The molecule has 0 atom stereocenters. The third kappa shape index (κ3) is 3.57. The Morgan fingerprint density at radius 1 is 1.59 bits per heavy atom. The van der Waals surface area contributed by atoms with Crippen LogP contribution < -0.4 is 0 Å². The number of hydrogen-bond acceptors (Lipinski definition) is 4. The minimum Gasteiger partial charge on any atom is -0.392 e. The highest BCUT2D eigenvalue weighted by Crippen LogP contribution is 2.26. The summed E-state index contributed by atoms with van der Waals surface area (Å²) in [5.41, 5.74) is 2.92. The average molecular weight is 253 g/mol. The van der Waals surface area contributed by atoms with Crippen LogP contribution in [0.5, 0.6) is 0 Å². The molecule has 0 aliphatic carbocycles. The van der Waals surface area contributed by atoms with E-state index >= 15 is 0 Å². The lowest BCUT2D eigenvalue weighted by Gasteiger charge is -2.08.